The van der Waals surface area contributed by atoms with Gasteiger partial charge >= 0.3 is 6.03 Å². The molecule has 0 spiro atoms. The van der Waals surface area contributed by atoms with Crippen molar-refractivity contribution < 1.29 is 9.53 Å². The summed E-state index contributed by atoms with van der Waals surface area (Å²) in [5.41, 5.74) is 1.72. The second-order valence-corrected chi connectivity index (χ2v) is 4.36. The van der Waals surface area contributed by atoms with Gasteiger partial charge in [-0.1, -0.05) is 0 Å². The standard InChI is InChI=1S/C12H18N4O2/c1-15(2)12(17)14-10-7-11(9-13-8-10)16-3-5-18-6-4-16/h7-9H,3-6H2,1-2H3,(H,14,17). The van der Waals surface area contributed by atoms with Gasteiger partial charge in [0.2, 0.25) is 0 Å². The molecule has 0 bridgehead atoms. The third-order valence-corrected chi connectivity index (χ3v) is 2.76. The summed E-state index contributed by atoms with van der Waals surface area (Å²) >= 11 is 0. The first-order valence-corrected chi connectivity index (χ1v) is 5.93. The van der Waals surface area contributed by atoms with Gasteiger partial charge < -0.3 is 19.9 Å². The maximum absolute atomic E-state index is 11.6. The van der Waals surface area contributed by atoms with Gasteiger partial charge in [0.15, 0.2) is 0 Å². The first kappa shape index (κ1) is 12.6. The molecule has 2 rings (SSSR count). The van der Waals surface area contributed by atoms with Crippen LogP contribution in [-0.4, -0.2) is 56.3 Å². The highest BCUT2D eigenvalue weighted by Crippen LogP contribution is 2.18. The minimum atomic E-state index is -0.157. The molecular formula is C12H18N4O2. The summed E-state index contributed by atoms with van der Waals surface area (Å²) in [6.07, 6.45) is 3.45. The highest BCUT2D eigenvalue weighted by Gasteiger charge is 2.12. The van der Waals surface area contributed by atoms with Crippen molar-refractivity contribution in [2.75, 3.05) is 50.6 Å². The molecule has 0 radical (unpaired) electrons. The molecule has 98 valence electrons. The van der Waals surface area contributed by atoms with Crippen molar-refractivity contribution in [3.8, 4) is 0 Å². The van der Waals surface area contributed by atoms with Gasteiger partial charge in [-0.2, -0.15) is 0 Å². The Morgan fingerprint density at radius 2 is 2.11 bits per heavy atom. The molecule has 0 unspecified atom stereocenters. The second-order valence-electron chi connectivity index (χ2n) is 4.36. The van der Waals surface area contributed by atoms with Gasteiger partial charge in [-0.3, -0.25) is 4.98 Å². The molecule has 6 nitrogen and oxygen atoms in total. The van der Waals surface area contributed by atoms with Crippen LogP contribution in [0.3, 0.4) is 0 Å². The molecule has 18 heavy (non-hydrogen) atoms. The monoisotopic (exact) mass is 250 g/mol. The summed E-state index contributed by atoms with van der Waals surface area (Å²) in [6, 6.07) is 1.77. The fourth-order valence-electron chi connectivity index (χ4n) is 1.73. The Bertz CT molecular complexity index is 416. The van der Waals surface area contributed by atoms with E-state index < -0.39 is 0 Å². The summed E-state index contributed by atoms with van der Waals surface area (Å²) in [5.74, 6) is 0. The summed E-state index contributed by atoms with van der Waals surface area (Å²) in [5, 5.41) is 2.79. The molecule has 0 saturated carbocycles. The number of morpholine rings is 1. The van der Waals surface area contributed by atoms with Gasteiger partial charge in [0.25, 0.3) is 0 Å². The van der Waals surface area contributed by atoms with Crippen LogP contribution in [0, 0.1) is 0 Å². The lowest BCUT2D eigenvalue weighted by Crippen LogP contribution is -2.36. The van der Waals surface area contributed by atoms with Crippen molar-refractivity contribution in [1.82, 2.24) is 9.88 Å². The van der Waals surface area contributed by atoms with E-state index in [0.717, 1.165) is 32.0 Å². The number of ether oxygens (including phenoxy) is 1. The van der Waals surface area contributed by atoms with E-state index in [1.807, 2.05) is 6.07 Å². The van der Waals surface area contributed by atoms with Crippen molar-refractivity contribution in [3.63, 3.8) is 0 Å². The number of hydrogen-bond acceptors (Lipinski definition) is 4. The van der Waals surface area contributed by atoms with Crippen LogP contribution in [0.4, 0.5) is 16.2 Å². The molecule has 0 aliphatic carbocycles. The highest BCUT2D eigenvalue weighted by atomic mass is 16.5. The summed E-state index contributed by atoms with van der Waals surface area (Å²) in [4.78, 5) is 19.4. The van der Waals surface area contributed by atoms with E-state index in [4.69, 9.17) is 4.74 Å². The topological polar surface area (TPSA) is 57.7 Å². The van der Waals surface area contributed by atoms with Gasteiger partial charge in [-0.25, -0.2) is 4.79 Å². The number of urea groups is 1. The SMILES string of the molecule is CN(C)C(=O)Nc1cncc(N2CCOCC2)c1. The lowest BCUT2D eigenvalue weighted by Gasteiger charge is -2.28. The van der Waals surface area contributed by atoms with Crippen LogP contribution in [0.5, 0.6) is 0 Å². The first-order chi connectivity index (χ1) is 8.66. The Kier molecular flexibility index (Phi) is 3.99. The number of hydrogen-bond donors (Lipinski definition) is 1. The van der Waals surface area contributed by atoms with Crippen LogP contribution in [-0.2, 0) is 4.74 Å². The van der Waals surface area contributed by atoms with Crippen molar-refractivity contribution in [1.29, 1.82) is 0 Å². The zero-order valence-electron chi connectivity index (χ0n) is 10.7. The zero-order chi connectivity index (χ0) is 13.0. The van der Waals surface area contributed by atoms with Crippen molar-refractivity contribution in [2.45, 2.75) is 0 Å². The van der Waals surface area contributed by atoms with Gasteiger partial charge in [-0.05, 0) is 6.07 Å². The molecule has 0 aromatic carbocycles. The molecule has 6 heteroatoms. The average Bonchev–Trinajstić information content (AvgIpc) is 2.40. The Hall–Kier alpha value is -1.82. The highest BCUT2D eigenvalue weighted by molar-refractivity contribution is 5.89. The van der Waals surface area contributed by atoms with E-state index >= 15 is 0 Å². The third kappa shape index (κ3) is 3.10. The maximum atomic E-state index is 11.6. The molecule has 1 N–H and O–H groups in total. The smallest absolute Gasteiger partial charge is 0.321 e. The number of rotatable bonds is 2. The number of amides is 2. The average molecular weight is 250 g/mol. The Morgan fingerprint density at radius 1 is 1.39 bits per heavy atom. The van der Waals surface area contributed by atoms with E-state index in [1.165, 1.54) is 4.90 Å². The lowest BCUT2D eigenvalue weighted by molar-refractivity contribution is 0.122. The van der Waals surface area contributed by atoms with Crippen molar-refractivity contribution in [3.05, 3.63) is 18.5 Å². The maximum Gasteiger partial charge on any atom is 0.321 e. The van der Waals surface area contributed by atoms with Crippen LogP contribution in [0.25, 0.3) is 0 Å². The van der Waals surface area contributed by atoms with E-state index in [9.17, 15) is 4.79 Å². The molecule has 1 aliphatic heterocycles. The number of nitrogens with one attached hydrogen (secondary N) is 1. The minimum absolute atomic E-state index is 0.157. The van der Waals surface area contributed by atoms with Crippen LogP contribution in [0.2, 0.25) is 0 Å². The van der Waals surface area contributed by atoms with Crippen LogP contribution < -0.4 is 10.2 Å². The summed E-state index contributed by atoms with van der Waals surface area (Å²) in [7, 11) is 3.41. The normalized spacial score (nSPS) is 15.3. The molecule has 2 amide bonds. The molecule has 2 heterocycles. The van der Waals surface area contributed by atoms with Crippen LogP contribution in [0.15, 0.2) is 18.5 Å². The van der Waals surface area contributed by atoms with E-state index in [-0.39, 0.29) is 6.03 Å². The van der Waals surface area contributed by atoms with Crippen LogP contribution >= 0.6 is 0 Å². The Balaban J connectivity index is 2.07. The summed E-state index contributed by atoms with van der Waals surface area (Å²) < 4.78 is 5.31. The van der Waals surface area contributed by atoms with E-state index in [1.54, 1.807) is 26.5 Å². The molecular weight excluding hydrogens is 232 g/mol. The van der Waals surface area contributed by atoms with Gasteiger partial charge in [-0.15, -0.1) is 0 Å². The predicted molar refractivity (Wildman–Crippen MR) is 70.0 cm³/mol. The molecule has 1 saturated heterocycles. The second kappa shape index (κ2) is 5.68. The van der Waals surface area contributed by atoms with Gasteiger partial charge in [0.1, 0.15) is 0 Å². The minimum Gasteiger partial charge on any atom is -0.378 e. The number of nitrogens with zero attached hydrogens (tertiary/aromatic N) is 3. The van der Waals surface area contributed by atoms with Gasteiger partial charge in [0.05, 0.1) is 37.0 Å². The fourth-order valence-corrected chi connectivity index (χ4v) is 1.73. The predicted octanol–water partition coefficient (Wildman–Crippen LogP) is 1.01. The molecule has 0 atom stereocenters. The van der Waals surface area contributed by atoms with Crippen LogP contribution in [0.1, 0.15) is 0 Å². The van der Waals surface area contributed by atoms with Gasteiger partial charge in [0, 0.05) is 27.2 Å². The quantitative estimate of drug-likeness (QED) is 0.851. The van der Waals surface area contributed by atoms with Crippen molar-refractivity contribution in [2.24, 2.45) is 0 Å². The molecule has 1 aromatic heterocycles. The first-order valence-electron chi connectivity index (χ1n) is 5.93. The number of carbonyl (C=O) groups is 1. The lowest BCUT2D eigenvalue weighted by atomic mass is 10.3. The molecule has 1 fully saturated rings. The molecule has 1 aliphatic rings. The third-order valence-electron chi connectivity index (χ3n) is 2.76. The van der Waals surface area contributed by atoms with Crippen molar-refractivity contribution >= 4 is 17.4 Å². The van der Waals surface area contributed by atoms with E-state index in [2.05, 4.69) is 15.2 Å². The summed E-state index contributed by atoms with van der Waals surface area (Å²) in [6.45, 7) is 3.17. The number of anilines is 2. The number of carbonyl (C=O) groups excluding carboxylic acids is 1. The Labute approximate surface area is 107 Å². The Morgan fingerprint density at radius 3 is 2.78 bits per heavy atom. The number of aromatic nitrogens is 1. The molecule has 1 aromatic rings. The zero-order valence-corrected chi connectivity index (χ0v) is 10.7. The number of pyridine rings is 1. The fraction of sp³-hybridized carbons (Fsp3) is 0.500. The van der Waals surface area contributed by atoms with E-state index in [0.29, 0.717) is 5.69 Å². The largest absolute Gasteiger partial charge is 0.378 e.